The number of carbonyl (C=O) groups excluding carboxylic acids is 1. The summed E-state index contributed by atoms with van der Waals surface area (Å²) in [6, 6.07) is 2.93. The lowest BCUT2D eigenvalue weighted by Gasteiger charge is -2.33. The van der Waals surface area contributed by atoms with Crippen molar-refractivity contribution in [1.82, 2.24) is 15.1 Å². The molecule has 2 heterocycles. The van der Waals surface area contributed by atoms with E-state index in [0.717, 1.165) is 19.4 Å². The van der Waals surface area contributed by atoms with Crippen molar-refractivity contribution < 1.29 is 4.79 Å². The molecule has 1 fully saturated rings. The molecule has 0 aliphatic carbocycles. The Hall–Kier alpha value is -1.85. The number of H-pyrrole nitrogens is 1. The molecule has 0 radical (unpaired) electrons. The summed E-state index contributed by atoms with van der Waals surface area (Å²) in [4.78, 5) is 24.6. The highest BCUT2D eigenvalue weighted by Gasteiger charge is 2.23. The first-order valence-corrected chi connectivity index (χ1v) is 5.80. The number of aromatic amines is 1. The topological polar surface area (TPSA) is 78.1 Å². The van der Waals surface area contributed by atoms with Crippen molar-refractivity contribution >= 4 is 11.8 Å². The van der Waals surface area contributed by atoms with Gasteiger partial charge in [-0.15, -0.1) is 0 Å². The number of hydrogen-bond acceptors (Lipinski definition) is 3. The molecule has 1 aliphatic rings. The highest BCUT2D eigenvalue weighted by atomic mass is 16.2. The number of likely N-dealkylation sites (tertiary alicyclic amines) is 1. The number of aromatic nitrogens is 2. The maximum Gasteiger partial charge on any atom is 0.323 e. The van der Waals surface area contributed by atoms with Gasteiger partial charge in [0.25, 0.3) is 5.56 Å². The van der Waals surface area contributed by atoms with Gasteiger partial charge in [-0.3, -0.25) is 10.1 Å². The van der Waals surface area contributed by atoms with Crippen molar-refractivity contribution in [1.29, 1.82) is 0 Å². The van der Waals surface area contributed by atoms with E-state index in [0.29, 0.717) is 5.82 Å². The van der Waals surface area contributed by atoms with Gasteiger partial charge in [-0.1, -0.05) is 0 Å². The molecule has 1 aliphatic heterocycles. The molecule has 0 bridgehead atoms. The second-order valence-electron chi connectivity index (χ2n) is 4.27. The van der Waals surface area contributed by atoms with E-state index in [2.05, 4.69) is 15.5 Å². The number of rotatable bonds is 1. The van der Waals surface area contributed by atoms with Gasteiger partial charge in [0.05, 0.1) is 0 Å². The zero-order chi connectivity index (χ0) is 12.3. The lowest BCUT2D eigenvalue weighted by molar-refractivity contribution is 0.170. The van der Waals surface area contributed by atoms with Crippen LogP contribution < -0.4 is 10.9 Å². The third kappa shape index (κ3) is 2.83. The van der Waals surface area contributed by atoms with Crippen LogP contribution in [-0.4, -0.2) is 33.7 Å². The van der Waals surface area contributed by atoms with Crippen LogP contribution in [0.5, 0.6) is 0 Å². The maximum absolute atomic E-state index is 11.9. The third-order valence-electron chi connectivity index (χ3n) is 2.98. The van der Waals surface area contributed by atoms with Gasteiger partial charge in [0.15, 0.2) is 5.82 Å². The van der Waals surface area contributed by atoms with Gasteiger partial charge in [0.2, 0.25) is 0 Å². The van der Waals surface area contributed by atoms with E-state index in [-0.39, 0.29) is 17.6 Å². The van der Waals surface area contributed by atoms with E-state index in [9.17, 15) is 9.59 Å². The number of piperidine rings is 1. The van der Waals surface area contributed by atoms with Crippen molar-refractivity contribution in [2.75, 3.05) is 11.9 Å². The summed E-state index contributed by atoms with van der Waals surface area (Å²) < 4.78 is 0. The molecule has 2 N–H and O–H groups in total. The zero-order valence-corrected chi connectivity index (χ0v) is 9.77. The Morgan fingerprint density at radius 2 is 2.35 bits per heavy atom. The first-order valence-electron chi connectivity index (χ1n) is 5.80. The summed E-state index contributed by atoms with van der Waals surface area (Å²) in [7, 11) is 0. The van der Waals surface area contributed by atoms with Gasteiger partial charge in [0, 0.05) is 18.7 Å². The van der Waals surface area contributed by atoms with Crippen LogP contribution in [0.25, 0.3) is 0 Å². The first-order chi connectivity index (χ1) is 8.16. The summed E-state index contributed by atoms with van der Waals surface area (Å²) in [6.07, 6.45) is 3.24. The lowest BCUT2D eigenvalue weighted by atomic mass is 10.0. The molecule has 6 heteroatoms. The highest BCUT2D eigenvalue weighted by molar-refractivity contribution is 5.88. The summed E-state index contributed by atoms with van der Waals surface area (Å²) in [6.45, 7) is 2.81. The monoisotopic (exact) mass is 236 g/mol. The standard InChI is InChI=1S/C11H16N4O2/c1-8-4-2-3-7-15(8)11(17)12-9-5-6-10(16)14-13-9/h5-6,8H,2-4,7H2,1H3,(H,14,16)(H,12,13,17). The Kier molecular flexibility index (Phi) is 3.41. The summed E-state index contributed by atoms with van der Waals surface area (Å²) >= 11 is 0. The zero-order valence-electron chi connectivity index (χ0n) is 9.77. The van der Waals surface area contributed by atoms with Gasteiger partial charge in [-0.2, -0.15) is 5.10 Å². The molecule has 1 aromatic heterocycles. The molecule has 0 spiro atoms. The molecule has 6 nitrogen and oxygen atoms in total. The fourth-order valence-corrected chi connectivity index (χ4v) is 2.00. The average Bonchev–Trinajstić information content (AvgIpc) is 2.32. The van der Waals surface area contributed by atoms with Crippen molar-refractivity contribution in [2.45, 2.75) is 32.2 Å². The molecule has 2 rings (SSSR count). The molecule has 1 unspecified atom stereocenters. The number of nitrogens with zero attached hydrogens (tertiary/aromatic N) is 2. The number of carbonyl (C=O) groups is 1. The molecule has 92 valence electrons. The van der Waals surface area contributed by atoms with Crippen LogP contribution in [0.4, 0.5) is 10.6 Å². The van der Waals surface area contributed by atoms with Crippen LogP contribution in [-0.2, 0) is 0 Å². The highest BCUT2D eigenvalue weighted by Crippen LogP contribution is 2.17. The van der Waals surface area contributed by atoms with Gasteiger partial charge in [-0.05, 0) is 32.3 Å². The normalized spacial score (nSPS) is 20.1. The Bertz CT molecular complexity index is 437. The minimum absolute atomic E-state index is 0.156. The van der Waals surface area contributed by atoms with E-state index in [1.807, 2.05) is 6.92 Å². The minimum Gasteiger partial charge on any atom is -0.322 e. The second-order valence-corrected chi connectivity index (χ2v) is 4.27. The van der Waals surface area contributed by atoms with Crippen LogP contribution in [0.15, 0.2) is 16.9 Å². The van der Waals surface area contributed by atoms with Crippen LogP contribution in [0.3, 0.4) is 0 Å². The van der Waals surface area contributed by atoms with Crippen LogP contribution in [0.2, 0.25) is 0 Å². The Balaban J connectivity index is 2.00. The third-order valence-corrected chi connectivity index (χ3v) is 2.98. The van der Waals surface area contributed by atoms with Gasteiger partial charge >= 0.3 is 6.03 Å². The van der Waals surface area contributed by atoms with Crippen LogP contribution in [0.1, 0.15) is 26.2 Å². The van der Waals surface area contributed by atoms with Gasteiger partial charge < -0.3 is 4.90 Å². The second kappa shape index (κ2) is 4.99. The Morgan fingerprint density at radius 1 is 1.53 bits per heavy atom. The smallest absolute Gasteiger partial charge is 0.322 e. The molecule has 1 atom stereocenters. The lowest BCUT2D eigenvalue weighted by Crippen LogP contribution is -2.44. The number of nitrogens with one attached hydrogen (secondary N) is 2. The van der Waals surface area contributed by atoms with Crippen molar-refractivity contribution in [3.8, 4) is 0 Å². The summed E-state index contributed by atoms with van der Waals surface area (Å²) in [5.74, 6) is 0.368. The van der Waals surface area contributed by atoms with E-state index in [1.54, 1.807) is 4.90 Å². The van der Waals surface area contributed by atoms with Gasteiger partial charge in [0.1, 0.15) is 0 Å². The fraction of sp³-hybridized carbons (Fsp3) is 0.545. The van der Waals surface area contributed by atoms with Crippen molar-refractivity contribution in [3.63, 3.8) is 0 Å². The Morgan fingerprint density at radius 3 is 3.00 bits per heavy atom. The summed E-state index contributed by atoms with van der Waals surface area (Å²) in [5.41, 5.74) is -0.283. The quantitative estimate of drug-likeness (QED) is 0.768. The number of hydrogen-bond donors (Lipinski definition) is 2. The molecule has 1 aromatic rings. The molecule has 2 amide bonds. The van der Waals surface area contributed by atoms with E-state index >= 15 is 0 Å². The van der Waals surface area contributed by atoms with Gasteiger partial charge in [-0.25, -0.2) is 9.89 Å². The van der Waals surface area contributed by atoms with Crippen molar-refractivity contribution in [2.24, 2.45) is 0 Å². The predicted molar refractivity (Wildman–Crippen MR) is 63.9 cm³/mol. The minimum atomic E-state index is -0.283. The van der Waals surface area contributed by atoms with E-state index in [4.69, 9.17) is 0 Å². The fourth-order valence-electron chi connectivity index (χ4n) is 2.00. The molecule has 17 heavy (non-hydrogen) atoms. The number of urea groups is 1. The molecular weight excluding hydrogens is 220 g/mol. The SMILES string of the molecule is CC1CCCCN1C(=O)Nc1ccc(=O)[nH]n1. The Labute approximate surface area is 99.0 Å². The first kappa shape index (κ1) is 11.6. The molecular formula is C11H16N4O2. The maximum atomic E-state index is 11.9. The van der Waals surface area contributed by atoms with Crippen LogP contribution >= 0.6 is 0 Å². The predicted octanol–water partition coefficient (Wildman–Crippen LogP) is 1.18. The molecule has 0 aromatic carbocycles. The number of anilines is 1. The average molecular weight is 236 g/mol. The molecule has 0 saturated carbocycles. The largest absolute Gasteiger partial charge is 0.323 e. The number of amides is 2. The van der Waals surface area contributed by atoms with E-state index in [1.165, 1.54) is 18.6 Å². The van der Waals surface area contributed by atoms with Crippen LogP contribution in [0, 0.1) is 0 Å². The van der Waals surface area contributed by atoms with Crippen molar-refractivity contribution in [3.05, 3.63) is 22.5 Å². The summed E-state index contributed by atoms with van der Waals surface area (Å²) in [5, 5.41) is 8.70. The van der Waals surface area contributed by atoms with E-state index < -0.39 is 0 Å². The molecule has 1 saturated heterocycles.